The van der Waals surface area contributed by atoms with Crippen molar-refractivity contribution in [2.45, 2.75) is 31.8 Å². The number of rotatable bonds is 5. The van der Waals surface area contributed by atoms with Gasteiger partial charge in [-0.05, 0) is 31.0 Å². The van der Waals surface area contributed by atoms with Crippen molar-refractivity contribution in [1.29, 1.82) is 0 Å². The molecule has 2 N–H and O–H groups in total. The molecule has 1 saturated heterocycles. The number of hydrogen-bond acceptors (Lipinski definition) is 8. The number of nitrogens with one attached hydrogen (secondary N) is 2. The number of anilines is 2. The van der Waals surface area contributed by atoms with Crippen molar-refractivity contribution in [2.75, 3.05) is 17.2 Å². The lowest BCUT2D eigenvalue weighted by Crippen LogP contribution is -2.19. The van der Waals surface area contributed by atoms with Gasteiger partial charge >= 0.3 is 6.03 Å². The van der Waals surface area contributed by atoms with Crippen molar-refractivity contribution < 1.29 is 19.1 Å². The van der Waals surface area contributed by atoms with Gasteiger partial charge in [0.2, 0.25) is 5.13 Å². The number of carbonyl (C=O) groups is 2. The first-order chi connectivity index (χ1) is 15.1. The maximum atomic E-state index is 12.4. The first-order valence-electron chi connectivity index (χ1n) is 9.93. The van der Waals surface area contributed by atoms with Gasteiger partial charge in [0, 0.05) is 43.0 Å². The van der Waals surface area contributed by atoms with Gasteiger partial charge in [0.1, 0.15) is 28.4 Å². The van der Waals surface area contributed by atoms with Gasteiger partial charge in [-0.2, -0.15) is 0 Å². The van der Waals surface area contributed by atoms with E-state index in [1.54, 1.807) is 36.5 Å². The van der Waals surface area contributed by atoms with Crippen LogP contribution in [-0.4, -0.2) is 33.6 Å². The second kappa shape index (κ2) is 8.40. The molecule has 1 fully saturated rings. The summed E-state index contributed by atoms with van der Waals surface area (Å²) in [5.41, 5.74) is 2.14. The molecule has 9 nitrogen and oxygen atoms in total. The number of ether oxygens (including phenoxy) is 2. The highest BCUT2D eigenvalue weighted by molar-refractivity contribution is 7.15. The number of ketones is 1. The number of Topliss-reactive ketones (excluding diaryl/α,β-unsaturated/α-hetero) is 1. The van der Waals surface area contributed by atoms with Crippen LogP contribution in [0.2, 0.25) is 0 Å². The monoisotopic (exact) mass is 437 g/mol. The van der Waals surface area contributed by atoms with E-state index in [0.29, 0.717) is 35.2 Å². The summed E-state index contributed by atoms with van der Waals surface area (Å²) in [6, 6.07) is 8.34. The van der Waals surface area contributed by atoms with E-state index in [-0.39, 0.29) is 11.9 Å². The summed E-state index contributed by atoms with van der Waals surface area (Å²) in [5.74, 6) is 1.28. The SMILES string of the molecule is O=C1Cc2nccc(Oc3cccc(NC(=O)Nc4nnc(C5CCCO5)s4)c3)c2C1. The Balaban J connectivity index is 1.23. The van der Waals surface area contributed by atoms with Crippen molar-refractivity contribution in [3.05, 3.63) is 52.8 Å². The van der Waals surface area contributed by atoms with Crippen LogP contribution < -0.4 is 15.4 Å². The number of hydrogen-bond donors (Lipinski definition) is 2. The maximum absolute atomic E-state index is 12.4. The molecule has 3 aromatic rings. The third-order valence-corrected chi connectivity index (χ3v) is 5.96. The zero-order chi connectivity index (χ0) is 21.2. The molecule has 1 aliphatic heterocycles. The summed E-state index contributed by atoms with van der Waals surface area (Å²) < 4.78 is 11.6. The summed E-state index contributed by atoms with van der Waals surface area (Å²) in [6.07, 6.45) is 4.19. The Kier molecular flexibility index (Phi) is 5.31. The number of nitrogens with zero attached hydrogens (tertiary/aromatic N) is 3. The van der Waals surface area contributed by atoms with E-state index in [1.165, 1.54) is 11.3 Å². The van der Waals surface area contributed by atoms with Crippen LogP contribution in [0.25, 0.3) is 0 Å². The number of amides is 2. The molecule has 0 saturated carbocycles. The van der Waals surface area contributed by atoms with Crippen LogP contribution in [0.15, 0.2) is 36.5 Å². The minimum absolute atomic E-state index is 0.0325. The van der Waals surface area contributed by atoms with Crippen LogP contribution in [-0.2, 0) is 22.4 Å². The van der Waals surface area contributed by atoms with Gasteiger partial charge in [0.25, 0.3) is 0 Å². The van der Waals surface area contributed by atoms with Crippen molar-refractivity contribution >= 4 is 34.0 Å². The van der Waals surface area contributed by atoms with E-state index in [0.717, 1.165) is 35.7 Å². The van der Waals surface area contributed by atoms with E-state index in [4.69, 9.17) is 9.47 Å². The molecule has 0 bridgehead atoms. The van der Waals surface area contributed by atoms with Gasteiger partial charge in [0.15, 0.2) is 0 Å². The third-order valence-electron chi connectivity index (χ3n) is 5.03. The molecular weight excluding hydrogens is 418 g/mol. The molecule has 2 amide bonds. The fourth-order valence-electron chi connectivity index (χ4n) is 3.61. The summed E-state index contributed by atoms with van der Waals surface area (Å²) in [6.45, 7) is 0.727. The molecule has 10 heteroatoms. The molecule has 0 spiro atoms. The van der Waals surface area contributed by atoms with E-state index in [1.807, 2.05) is 0 Å². The normalized spacial score (nSPS) is 17.4. The van der Waals surface area contributed by atoms with E-state index < -0.39 is 6.03 Å². The van der Waals surface area contributed by atoms with Gasteiger partial charge in [-0.1, -0.05) is 17.4 Å². The second-order valence-corrected chi connectivity index (χ2v) is 8.29. The molecule has 5 rings (SSSR count). The van der Waals surface area contributed by atoms with Gasteiger partial charge in [0.05, 0.1) is 5.69 Å². The molecule has 2 aromatic heterocycles. The largest absolute Gasteiger partial charge is 0.457 e. The molecular formula is C21H19N5O4S. The average molecular weight is 437 g/mol. The quantitative estimate of drug-likeness (QED) is 0.622. The minimum Gasteiger partial charge on any atom is -0.457 e. The predicted molar refractivity (Wildman–Crippen MR) is 114 cm³/mol. The van der Waals surface area contributed by atoms with Gasteiger partial charge in [-0.15, -0.1) is 10.2 Å². The highest BCUT2D eigenvalue weighted by atomic mass is 32.1. The topological polar surface area (TPSA) is 115 Å². The van der Waals surface area contributed by atoms with Gasteiger partial charge in [-0.3, -0.25) is 15.1 Å². The molecule has 158 valence electrons. The number of aromatic nitrogens is 3. The van der Waals surface area contributed by atoms with Crippen LogP contribution in [0.3, 0.4) is 0 Å². The minimum atomic E-state index is -0.428. The predicted octanol–water partition coefficient (Wildman–Crippen LogP) is 3.89. The number of carbonyl (C=O) groups excluding carboxylic acids is 2. The third kappa shape index (κ3) is 4.39. The number of pyridine rings is 1. The highest BCUT2D eigenvalue weighted by Gasteiger charge is 2.24. The smallest absolute Gasteiger partial charge is 0.325 e. The lowest BCUT2D eigenvalue weighted by molar-refractivity contribution is -0.117. The average Bonchev–Trinajstić information content (AvgIpc) is 3.48. The summed E-state index contributed by atoms with van der Waals surface area (Å²) in [4.78, 5) is 28.4. The zero-order valence-electron chi connectivity index (χ0n) is 16.5. The standard InChI is InChI=1S/C21H19N5O4S/c27-13-10-15-16(11-13)22-7-6-17(15)30-14-4-1-3-12(9-14)23-20(28)24-21-26-25-19(31-21)18-5-2-8-29-18/h1,3-4,6-7,9,18H,2,5,8,10-11H2,(H2,23,24,26,28). The Morgan fingerprint density at radius 2 is 2.13 bits per heavy atom. The van der Waals surface area contributed by atoms with E-state index >= 15 is 0 Å². The van der Waals surface area contributed by atoms with Crippen LogP contribution in [0.5, 0.6) is 11.5 Å². The summed E-state index contributed by atoms with van der Waals surface area (Å²) >= 11 is 1.31. The van der Waals surface area contributed by atoms with Crippen LogP contribution in [0, 0.1) is 0 Å². The molecule has 2 aliphatic rings. The Hall–Kier alpha value is -3.37. The lowest BCUT2D eigenvalue weighted by Gasteiger charge is -2.11. The van der Waals surface area contributed by atoms with Crippen molar-refractivity contribution in [3.63, 3.8) is 0 Å². The molecule has 1 unspecified atom stereocenters. The molecule has 1 atom stereocenters. The van der Waals surface area contributed by atoms with Crippen molar-refractivity contribution in [1.82, 2.24) is 15.2 Å². The highest BCUT2D eigenvalue weighted by Crippen LogP contribution is 2.33. The van der Waals surface area contributed by atoms with E-state index in [9.17, 15) is 9.59 Å². The number of benzene rings is 1. The van der Waals surface area contributed by atoms with Gasteiger partial charge in [-0.25, -0.2) is 4.79 Å². The molecule has 31 heavy (non-hydrogen) atoms. The van der Waals surface area contributed by atoms with Crippen LogP contribution in [0.1, 0.15) is 35.2 Å². The Morgan fingerprint density at radius 1 is 1.19 bits per heavy atom. The van der Waals surface area contributed by atoms with Crippen molar-refractivity contribution in [3.8, 4) is 11.5 Å². The fraction of sp³-hybridized carbons (Fsp3) is 0.286. The Morgan fingerprint density at radius 3 is 3.00 bits per heavy atom. The Bertz CT molecular complexity index is 1140. The zero-order valence-corrected chi connectivity index (χ0v) is 17.3. The van der Waals surface area contributed by atoms with Crippen LogP contribution >= 0.6 is 11.3 Å². The van der Waals surface area contributed by atoms with E-state index in [2.05, 4.69) is 25.8 Å². The lowest BCUT2D eigenvalue weighted by atomic mass is 10.2. The number of urea groups is 1. The molecule has 1 aromatic carbocycles. The molecule has 0 radical (unpaired) electrons. The maximum Gasteiger partial charge on any atom is 0.325 e. The summed E-state index contributed by atoms with van der Waals surface area (Å²) in [5, 5.41) is 14.8. The second-order valence-electron chi connectivity index (χ2n) is 7.28. The van der Waals surface area contributed by atoms with Gasteiger partial charge < -0.3 is 14.8 Å². The fourth-order valence-corrected chi connectivity index (χ4v) is 4.43. The molecule has 3 heterocycles. The number of fused-ring (bicyclic) bond motifs is 1. The Labute approximate surface area is 181 Å². The summed E-state index contributed by atoms with van der Waals surface area (Å²) in [7, 11) is 0. The van der Waals surface area contributed by atoms with Crippen LogP contribution in [0.4, 0.5) is 15.6 Å². The van der Waals surface area contributed by atoms with Crippen molar-refractivity contribution in [2.24, 2.45) is 0 Å². The molecule has 1 aliphatic carbocycles. The first kappa shape index (κ1) is 19.6. The first-order valence-corrected chi connectivity index (χ1v) is 10.7.